The van der Waals surface area contributed by atoms with E-state index in [2.05, 4.69) is 22.9 Å². The lowest BCUT2D eigenvalue weighted by atomic mass is 9.73. The number of methoxy groups -OCH3 is 2. The second-order valence-electron chi connectivity index (χ2n) is 9.68. The molecule has 0 aliphatic carbocycles. The molecule has 1 N–H and O–H groups in total. The Kier molecular flexibility index (Phi) is 6.56. The Labute approximate surface area is 207 Å². The number of para-hydroxylation sites is 1. The zero-order valence-electron chi connectivity index (χ0n) is 21.1. The van der Waals surface area contributed by atoms with Crippen molar-refractivity contribution in [3.63, 3.8) is 0 Å². The van der Waals surface area contributed by atoms with E-state index >= 15 is 0 Å². The zero-order chi connectivity index (χ0) is 24.5. The van der Waals surface area contributed by atoms with E-state index in [1.54, 1.807) is 25.4 Å². The molecular formula is C29H35N3O3. The molecule has 3 heterocycles. The van der Waals surface area contributed by atoms with Crippen LogP contribution >= 0.6 is 0 Å². The van der Waals surface area contributed by atoms with Crippen LogP contribution in [0.15, 0.2) is 60.4 Å². The summed E-state index contributed by atoms with van der Waals surface area (Å²) < 4.78 is 11.2. The number of nitrogens with one attached hydrogen (secondary N) is 1. The molecule has 2 aromatic carbocycles. The molecule has 184 valence electrons. The summed E-state index contributed by atoms with van der Waals surface area (Å²) in [5, 5.41) is 1.20. The van der Waals surface area contributed by atoms with E-state index in [1.165, 1.54) is 16.6 Å². The highest BCUT2D eigenvalue weighted by molar-refractivity contribution is 6.05. The number of piperidine rings is 1. The van der Waals surface area contributed by atoms with Crippen molar-refractivity contribution in [2.45, 2.75) is 32.2 Å². The Morgan fingerprint density at radius 3 is 2.69 bits per heavy atom. The number of amides is 1. The van der Waals surface area contributed by atoms with Crippen molar-refractivity contribution in [3.05, 3.63) is 71.6 Å². The third kappa shape index (κ3) is 4.10. The molecule has 1 fully saturated rings. The maximum absolute atomic E-state index is 13.8. The summed E-state index contributed by atoms with van der Waals surface area (Å²) in [7, 11) is 5.22. The Morgan fingerprint density at radius 2 is 1.97 bits per heavy atom. The van der Waals surface area contributed by atoms with Gasteiger partial charge in [-0.1, -0.05) is 37.6 Å². The van der Waals surface area contributed by atoms with E-state index in [4.69, 9.17) is 9.47 Å². The molecule has 0 spiro atoms. The molecule has 0 saturated carbocycles. The normalized spacial score (nSPS) is 22.4. The highest BCUT2D eigenvalue weighted by atomic mass is 16.5. The number of aromatic nitrogens is 1. The summed E-state index contributed by atoms with van der Waals surface area (Å²) in [6, 6.07) is 16.3. The number of aromatic amines is 1. The second kappa shape index (κ2) is 9.78. The minimum Gasteiger partial charge on any atom is -0.504 e. The summed E-state index contributed by atoms with van der Waals surface area (Å²) in [4.78, 5) is 21.8. The fourth-order valence-corrected chi connectivity index (χ4v) is 6.14. The first-order chi connectivity index (χ1) is 17.1. The average Bonchev–Trinajstić information content (AvgIpc) is 3.30. The Balaban J connectivity index is 1.51. The molecule has 2 aliphatic rings. The van der Waals surface area contributed by atoms with Gasteiger partial charge in [-0.2, -0.15) is 0 Å². The van der Waals surface area contributed by atoms with E-state index in [-0.39, 0.29) is 17.9 Å². The number of fused-ring (bicyclic) bond motifs is 5. The van der Waals surface area contributed by atoms with E-state index in [0.717, 1.165) is 54.9 Å². The van der Waals surface area contributed by atoms with Crippen LogP contribution in [0, 0.1) is 11.8 Å². The number of rotatable bonds is 6. The fraction of sp³-hybridized carbons (Fsp3) is 0.414. The van der Waals surface area contributed by atoms with Crippen LogP contribution < -0.4 is 9.64 Å². The van der Waals surface area contributed by atoms with E-state index in [0.29, 0.717) is 5.92 Å². The number of hydrogen-bond donors (Lipinski definition) is 1. The predicted octanol–water partition coefficient (Wildman–Crippen LogP) is 5.32. The van der Waals surface area contributed by atoms with E-state index in [9.17, 15) is 4.79 Å². The molecule has 6 heteroatoms. The molecule has 3 atom stereocenters. The summed E-state index contributed by atoms with van der Waals surface area (Å²) in [5.74, 6) is 1.43. The summed E-state index contributed by atoms with van der Waals surface area (Å²) in [6.45, 7) is 4.23. The van der Waals surface area contributed by atoms with Crippen molar-refractivity contribution in [1.82, 2.24) is 9.88 Å². The fourth-order valence-electron chi connectivity index (χ4n) is 6.14. The Morgan fingerprint density at radius 1 is 1.17 bits per heavy atom. The second-order valence-corrected chi connectivity index (χ2v) is 9.68. The van der Waals surface area contributed by atoms with Gasteiger partial charge in [-0.15, -0.1) is 0 Å². The first-order valence-electron chi connectivity index (χ1n) is 12.5. The Hall–Kier alpha value is -3.25. The van der Waals surface area contributed by atoms with Crippen molar-refractivity contribution < 1.29 is 14.3 Å². The molecule has 3 aromatic rings. The number of nitrogens with zero attached hydrogens (tertiary/aromatic N) is 2. The first kappa shape index (κ1) is 23.5. The number of H-pyrrole nitrogens is 1. The van der Waals surface area contributed by atoms with Crippen molar-refractivity contribution >= 4 is 22.5 Å². The third-order valence-electron chi connectivity index (χ3n) is 7.94. The highest BCUT2D eigenvalue weighted by Crippen LogP contribution is 2.47. The summed E-state index contributed by atoms with van der Waals surface area (Å²) in [6.07, 6.45) is 4.58. The minimum absolute atomic E-state index is 0.00398. The van der Waals surface area contributed by atoms with Gasteiger partial charge >= 0.3 is 0 Å². The van der Waals surface area contributed by atoms with Crippen molar-refractivity contribution in [2.75, 3.05) is 39.3 Å². The monoisotopic (exact) mass is 473 g/mol. The molecule has 0 radical (unpaired) electrons. The lowest BCUT2D eigenvalue weighted by molar-refractivity contribution is -0.116. The van der Waals surface area contributed by atoms with Gasteiger partial charge in [0.25, 0.3) is 5.91 Å². The topological polar surface area (TPSA) is 57.8 Å². The largest absolute Gasteiger partial charge is 0.504 e. The lowest BCUT2D eigenvalue weighted by Gasteiger charge is -2.46. The van der Waals surface area contributed by atoms with Gasteiger partial charge in [0.05, 0.1) is 32.1 Å². The first-order valence-corrected chi connectivity index (χ1v) is 12.5. The molecule has 1 saturated heterocycles. The number of carbonyl (C=O) groups is 1. The predicted molar refractivity (Wildman–Crippen MR) is 140 cm³/mol. The molecule has 0 bridgehead atoms. The minimum atomic E-state index is 0.00398. The summed E-state index contributed by atoms with van der Waals surface area (Å²) in [5.41, 5.74) is 5.39. The number of likely N-dealkylation sites (N-methyl/N-ethyl adjacent to an activating group) is 1. The van der Waals surface area contributed by atoms with Gasteiger partial charge < -0.3 is 19.4 Å². The van der Waals surface area contributed by atoms with Crippen molar-refractivity contribution in [3.8, 4) is 5.75 Å². The van der Waals surface area contributed by atoms with Gasteiger partial charge in [-0.25, -0.2) is 0 Å². The number of benzene rings is 2. The maximum atomic E-state index is 13.8. The molecule has 5 rings (SSSR count). The number of hydrogen-bond acceptors (Lipinski definition) is 4. The van der Waals surface area contributed by atoms with Crippen LogP contribution in [0.3, 0.4) is 0 Å². The SMILES string of the molecule is CC[C@@H]1CN2CCc3c([nH]c4cccc(OC)c34)[C@@H]2C[C@@H]1/C(=C\OC)C(=O)N(C)c1ccccc1. The molecule has 35 heavy (non-hydrogen) atoms. The molecule has 2 aliphatic heterocycles. The average molecular weight is 474 g/mol. The van der Waals surface area contributed by atoms with Crippen LogP contribution in [0.4, 0.5) is 5.69 Å². The smallest absolute Gasteiger partial charge is 0.257 e. The lowest BCUT2D eigenvalue weighted by Crippen LogP contribution is -2.47. The third-order valence-corrected chi connectivity index (χ3v) is 7.94. The molecule has 1 amide bonds. The van der Waals surface area contributed by atoms with Gasteiger partial charge in [-0.05, 0) is 54.5 Å². The van der Waals surface area contributed by atoms with Gasteiger partial charge in [0.15, 0.2) is 0 Å². The number of ether oxygens (including phenoxy) is 2. The van der Waals surface area contributed by atoms with Crippen LogP contribution in [-0.4, -0.2) is 50.1 Å². The molecule has 6 nitrogen and oxygen atoms in total. The van der Waals surface area contributed by atoms with Gasteiger partial charge in [-0.3, -0.25) is 9.69 Å². The van der Waals surface area contributed by atoms with Crippen molar-refractivity contribution in [1.29, 1.82) is 0 Å². The molecule has 1 aromatic heterocycles. The number of anilines is 1. The van der Waals surface area contributed by atoms with Crippen molar-refractivity contribution in [2.24, 2.45) is 11.8 Å². The standard InChI is InChI=1S/C29H35N3O3/c1-5-19-17-32-15-14-21-27-24(12-9-13-26(27)35-4)30-28(21)25(32)16-22(19)23(18-34-3)29(33)31(2)20-10-7-6-8-11-20/h6-13,18-19,22,25,30H,5,14-17H2,1-4H3/b23-18+/t19-,22+,25+/m1/s1. The Bertz CT molecular complexity index is 1230. The zero-order valence-corrected chi connectivity index (χ0v) is 21.1. The maximum Gasteiger partial charge on any atom is 0.257 e. The van der Waals surface area contributed by atoms with Crippen LogP contribution in [0.1, 0.15) is 37.1 Å². The van der Waals surface area contributed by atoms with Crippen LogP contribution in [-0.2, 0) is 16.0 Å². The van der Waals surface area contributed by atoms with Gasteiger partial charge in [0.2, 0.25) is 0 Å². The quantitative estimate of drug-likeness (QED) is 0.389. The van der Waals surface area contributed by atoms with Crippen LogP contribution in [0.25, 0.3) is 10.9 Å². The van der Waals surface area contributed by atoms with E-state index in [1.807, 2.05) is 49.5 Å². The summed E-state index contributed by atoms with van der Waals surface area (Å²) >= 11 is 0. The van der Waals surface area contributed by atoms with E-state index < -0.39 is 0 Å². The van der Waals surface area contributed by atoms with Gasteiger partial charge in [0.1, 0.15) is 5.75 Å². The van der Waals surface area contributed by atoms with Crippen LogP contribution in [0.5, 0.6) is 5.75 Å². The molecular weight excluding hydrogens is 438 g/mol. The molecule has 0 unspecified atom stereocenters. The van der Waals surface area contributed by atoms with Crippen LogP contribution in [0.2, 0.25) is 0 Å². The number of carbonyl (C=O) groups excluding carboxylic acids is 1. The van der Waals surface area contributed by atoms with Gasteiger partial charge in [0, 0.05) is 42.4 Å². The highest BCUT2D eigenvalue weighted by Gasteiger charge is 2.43.